The molecule has 4 rings (SSSR count). The van der Waals surface area contributed by atoms with Crippen LogP contribution in [0.15, 0.2) is 12.1 Å². The minimum Gasteiger partial charge on any atom is -0.392 e. The molecule has 0 radical (unpaired) electrons. The van der Waals surface area contributed by atoms with Crippen LogP contribution in [0.25, 0.3) is 0 Å². The summed E-state index contributed by atoms with van der Waals surface area (Å²) < 4.78 is 50.2. The van der Waals surface area contributed by atoms with Crippen LogP contribution in [-0.2, 0) is 27.1 Å². The van der Waals surface area contributed by atoms with Crippen molar-refractivity contribution in [3.05, 3.63) is 29.1 Å². The van der Waals surface area contributed by atoms with Crippen molar-refractivity contribution >= 4 is 11.6 Å². The van der Waals surface area contributed by atoms with Gasteiger partial charge in [0, 0.05) is 24.5 Å². The lowest BCUT2D eigenvalue weighted by Crippen LogP contribution is -2.45. The van der Waals surface area contributed by atoms with Crippen molar-refractivity contribution in [2.75, 3.05) is 6.61 Å². The second-order valence-electron chi connectivity index (χ2n) is 7.95. The molecule has 0 spiro atoms. The van der Waals surface area contributed by atoms with Gasteiger partial charge in [-0.15, -0.1) is 0 Å². The molecule has 1 N–H and O–H groups in total. The Kier molecular flexibility index (Phi) is 5.48. The van der Waals surface area contributed by atoms with Crippen LogP contribution in [0.1, 0.15) is 53.8 Å². The van der Waals surface area contributed by atoms with Gasteiger partial charge in [-0.3, -0.25) is 9.59 Å². The first kappa shape index (κ1) is 20.4. The number of fused-ring (bicyclic) bond motifs is 2. The zero-order chi connectivity index (χ0) is 20.8. The number of alkyl halides is 3. The first-order chi connectivity index (χ1) is 13.8. The van der Waals surface area contributed by atoms with Crippen molar-refractivity contribution in [3.8, 4) is 0 Å². The molecule has 1 saturated heterocycles. The SMILES string of the molecule is O=C(c1ccc(C(F)(F)F)nc1COC1CCCO1)C1C(=O)C2CCC(C2)C1O. The molecule has 2 bridgehead atoms. The molecule has 1 aromatic heterocycles. The van der Waals surface area contributed by atoms with Gasteiger partial charge in [0.05, 0.1) is 18.4 Å². The number of ether oxygens (including phenoxy) is 2. The summed E-state index contributed by atoms with van der Waals surface area (Å²) in [6.45, 7) is 0.150. The molecule has 0 amide bonds. The van der Waals surface area contributed by atoms with Crippen LogP contribution < -0.4 is 0 Å². The van der Waals surface area contributed by atoms with Crippen LogP contribution in [0, 0.1) is 17.8 Å². The summed E-state index contributed by atoms with van der Waals surface area (Å²) in [6.07, 6.45) is -3.13. The van der Waals surface area contributed by atoms with Crippen LogP contribution in [0.4, 0.5) is 13.2 Å². The molecule has 9 heteroatoms. The summed E-state index contributed by atoms with van der Waals surface area (Å²) in [5.41, 5.74) is -1.46. The molecule has 5 unspecified atom stereocenters. The largest absolute Gasteiger partial charge is 0.433 e. The van der Waals surface area contributed by atoms with Gasteiger partial charge in [-0.1, -0.05) is 0 Å². The monoisotopic (exact) mass is 413 g/mol. The average Bonchev–Trinajstić information content (AvgIpc) is 3.35. The van der Waals surface area contributed by atoms with Gasteiger partial charge in [-0.05, 0) is 43.7 Å². The fourth-order valence-electron chi connectivity index (χ4n) is 4.58. The van der Waals surface area contributed by atoms with Gasteiger partial charge in [0.2, 0.25) is 0 Å². The number of ketones is 2. The van der Waals surface area contributed by atoms with E-state index in [4.69, 9.17) is 9.47 Å². The van der Waals surface area contributed by atoms with E-state index in [-0.39, 0.29) is 35.5 Å². The minimum atomic E-state index is -4.68. The highest BCUT2D eigenvalue weighted by Crippen LogP contribution is 2.44. The zero-order valence-electron chi connectivity index (χ0n) is 15.7. The van der Waals surface area contributed by atoms with Gasteiger partial charge >= 0.3 is 6.18 Å². The third-order valence-corrected chi connectivity index (χ3v) is 6.11. The van der Waals surface area contributed by atoms with E-state index in [9.17, 15) is 27.9 Å². The fraction of sp³-hybridized carbons (Fsp3) is 0.650. The number of nitrogens with zero attached hydrogens (tertiary/aromatic N) is 1. The van der Waals surface area contributed by atoms with E-state index in [0.29, 0.717) is 32.3 Å². The topological polar surface area (TPSA) is 85.7 Å². The molecule has 158 valence electrons. The number of hydrogen-bond acceptors (Lipinski definition) is 6. The second kappa shape index (κ2) is 7.77. The highest BCUT2D eigenvalue weighted by atomic mass is 19.4. The van der Waals surface area contributed by atoms with E-state index < -0.39 is 36.0 Å². The van der Waals surface area contributed by atoms with Gasteiger partial charge in [0.25, 0.3) is 0 Å². The molecular weight excluding hydrogens is 391 g/mol. The fourth-order valence-corrected chi connectivity index (χ4v) is 4.58. The second-order valence-corrected chi connectivity index (χ2v) is 7.95. The molecule has 5 atom stereocenters. The molecule has 0 aromatic carbocycles. The number of aromatic nitrogens is 1. The van der Waals surface area contributed by atoms with Crippen molar-refractivity contribution in [3.63, 3.8) is 0 Å². The van der Waals surface area contributed by atoms with Crippen molar-refractivity contribution in [1.82, 2.24) is 4.98 Å². The maximum atomic E-state index is 13.1. The third-order valence-electron chi connectivity index (χ3n) is 6.11. The molecule has 2 aliphatic carbocycles. The smallest absolute Gasteiger partial charge is 0.392 e. The number of pyridine rings is 1. The number of aliphatic hydroxyl groups is 1. The molecule has 29 heavy (non-hydrogen) atoms. The predicted molar refractivity (Wildman–Crippen MR) is 92.7 cm³/mol. The van der Waals surface area contributed by atoms with Gasteiger partial charge < -0.3 is 14.6 Å². The molecule has 2 heterocycles. The number of Topliss-reactive ketones (excluding diaryl/α,β-unsaturated/α-hetero) is 2. The summed E-state index contributed by atoms with van der Waals surface area (Å²) in [5, 5.41) is 10.5. The van der Waals surface area contributed by atoms with Crippen LogP contribution in [0.2, 0.25) is 0 Å². The molecular formula is C20H22F3NO5. The number of halogens is 3. The first-order valence-electron chi connectivity index (χ1n) is 9.82. The molecule has 1 aliphatic heterocycles. The number of carbonyl (C=O) groups excluding carboxylic acids is 2. The maximum Gasteiger partial charge on any atom is 0.433 e. The summed E-state index contributed by atoms with van der Waals surface area (Å²) in [7, 11) is 0. The van der Waals surface area contributed by atoms with Crippen LogP contribution in [-0.4, -0.2) is 40.7 Å². The quantitative estimate of drug-likeness (QED) is 0.590. The molecule has 1 aromatic rings. The summed E-state index contributed by atoms with van der Waals surface area (Å²) in [5.74, 6) is -2.69. The highest BCUT2D eigenvalue weighted by Gasteiger charge is 2.50. The third kappa shape index (κ3) is 3.95. The maximum absolute atomic E-state index is 13.1. The van der Waals surface area contributed by atoms with E-state index in [1.165, 1.54) is 0 Å². The number of hydrogen-bond donors (Lipinski definition) is 1. The Labute approximate surface area is 165 Å². The lowest BCUT2D eigenvalue weighted by atomic mass is 9.74. The molecule has 3 aliphatic rings. The van der Waals surface area contributed by atoms with Gasteiger partial charge in [-0.2, -0.15) is 13.2 Å². The van der Waals surface area contributed by atoms with Crippen molar-refractivity contribution < 1.29 is 37.3 Å². The number of rotatable bonds is 5. The van der Waals surface area contributed by atoms with Gasteiger partial charge in [-0.25, -0.2) is 4.98 Å². The van der Waals surface area contributed by atoms with E-state index in [1.807, 2.05) is 0 Å². The van der Waals surface area contributed by atoms with Crippen LogP contribution in [0.5, 0.6) is 0 Å². The summed E-state index contributed by atoms with van der Waals surface area (Å²) in [4.78, 5) is 29.4. The molecule has 3 fully saturated rings. The van der Waals surface area contributed by atoms with Crippen LogP contribution >= 0.6 is 0 Å². The highest BCUT2D eigenvalue weighted by molar-refractivity contribution is 6.12. The minimum absolute atomic E-state index is 0.116. The lowest BCUT2D eigenvalue weighted by Gasteiger charge is -2.31. The summed E-state index contributed by atoms with van der Waals surface area (Å²) >= 11 is 0. The van der Waals surface area contributed by atoms with Gasteiger partial charge in [0.15, 0.2) is 12.1 Å². The Bertz CT molecular complexity index is 806. The Morgan fingerprint density at radius 3 is 2.76 bits per heavy atom. The van der Waals surface area contributed by atoms with Crippen LogP contribution in [0.3, 0.4) is 0 Å². The molecule has 2 saturated carbocycles. The van der Waals surface area contributed by atoms with E-state index in [2.05, 4.69) is 4.98 Å². The van der Waals surface area contributed by atoms with Gasteiger partial charge in [0.1, 0.15) is 17.4 Å². The molecule has 6 nitrogen and oxygen atoms in total. The van der Waals surface area contributed by atoms with E-state index in [1.54, 1.807) is 0 Å². The Morgan fingerprint density at radius 2 is 2.07 bits per heavy atom. The zero-order valence-corrected chi connectivity index (χ0v) is 15.7. The van der Waals surface area contributed by atoms with Crippen molar-refractivity contribution in [2.45, 2.75) is 57.3 Å². The Hall–Kier alpha value is -1.84. The lowest BCUT2D eigenvalue weighted by molar-refractivity contribution is -0.142. The normalized spacial score (nSPS) is 32.0. The Morgan fingerprint density at radius 1 is 1.28 bits per heavy atom. The van der Waals surface area contributed by atoms with Crippen molar-refractivity contribution in [2.24, 2.45) is 17.8 Å². The van der Waals surface area contributed by atoms with E-state index in [0.717, 1.165) is 18.6 Å². The Balaban J connectivity index is 1.64. The van der Waals surface area contributed by atoms with Crippen molar-refractivity contribution in [1.29, 1.82) is 0 Å². The standard InChI is InChI=1S/C20H22F3NO5/c21-20(22,23)14-6-5-12(13(24-14)9-29-15-2-1-7-28-15)19(27)16-17(25)10-3-4-11(8-10)18(16)26/h5-6,10-11,15-17,25H,1-4,7-9H2. The van der Waals surface area contributed by atoms with E-state index >= 15 is 0 Å². The number of aliphatic hydroxyl groups excluding tert-OH is 1. The summed E-state index contributed by atoms with van der Waals surface area (Å²) in [6, 6.07) is 1.75. The first-order valence-corrected chi connectivity index (χ1v) is 9.82. The average molecular weight is 413 g/mol. The predicted octanol–water partition coefficient (Wildman–Crippen LogP) is 2.91. The number of carbonyl (C=O) groups is 2.